The second kappa shape index (κ2) is 7.07. The zero-order chi connectivity index (χ0) is 16.2. The molecule has 5 nitrogen and oxygen atoms in total. The lowest BCUT2D eigenvalue weighted by Crippen LogP contribution is -2.24. The maximum atomic E-state index is 12.3. The summed E-state index contributed by atoms with van der Waals surface area (Å²) in [6.07, 6.45) is 0.959. The Bertz CT molecular complexity index is 677. The van der Waals surface area contributed by atoms with Gasteiger partial charge in [-0.3, -0.25) is 9.71 Å². The summed E-state index contributed by atoms with van der Waals surface area (Å²) < 4.78 is 32.6. The van der Waals surface area contributed by atoms with Gasteiger partial charge in [-0.25, -0.2) is 8.42 Å². The van der Waals surface area contributed by atoms with E-state index in [2.05, 4.69) is 9.71 Å². The van der Waals surface area contributed by atoms with E-state index in [9.17, 15) is 8.42 Å². The predicted octanol–water partition coefficient (Wildman–Crippen LogP) is 2.56. The summed E-state index contributed by atoms with van der Waals surface area (Å²) in [6.45, 7) is 6.90. The van der Waals surface area contributed by atoms with Crippen LogP contribution in [0, 0.1) is 0 Å². The third-order valence-electron chi connectivity index (χ3n) is 3.26. The summed E-state index contributed by atoms with van der Waals surface area (Å²) in [5.41, 5.74) is 1.34. The van der Waals surface area contributed by atoms with E-state index in [-0.39, 0.29) is 6.10 Å². The standard InChI is InChI=1S/C16H22N2O3S/c1-12(2)21-11-7-10-17-16-13(3)15(22(19,20)18-16)14-8-5-4-6-9-14/h4-6,8-9,12H,7,10-11H2,1-3H3,(H,17,18). The maximum Gasteiger partial charge on any atom is 0.264 e. The summed E-state index contributed by atoms with van der Waals surface area (Å²) in [5.74, 6) is 0.434. The van der Waals surface area contributed by atoms with Gasteiger partial charge in [0.05, 0.1) is 6.10 Å². The number of rotatable bonds is 6. The van der Waals surface area contributed by atoms with E-state index in [1.807, 2.05) is 32.0 Å². The smallest absolute Gasteiger partial charge is 0.264 e. The van der Waals surface area contributed by atoms with Crippen LogP contribution in [0.1, 0.15) is 32.8 Å². The molecule has 0 unspecified atom stereocenters. The molecule has 1 aromatic rings. The van der Waals surface area contributed by atoms with E-state index < -0.39 is 10.0 Å². The average Bonchev–Trinajstić information content (AvgIpc) is 2.68. The zero-order valence-electron chi connectivity index (χ0n) is 13.2. The third kappa shape index (κ3) is 3.96. The highest BCUT2D eigenvalue weighted by molar-refractivity contribution is 8.00. The topological polar surface area (TPSA) is 67.8 Å². The van der Waals surface area contributed by atoms with Crippen molar-refractivity contribution in [3.8, 4) is 0 Å². The fourth-order valence-electron chi connectivity index (χ4n) is 2.25. The van der Waals surface area contributed by atoms with Gasteiger partial charge in [0.2, 0.25) is 0 Å². The Hall–Kier alpha value is -1.66. The van der Waals surface area contributed by atoms with E-state index in [0.29, 0.717) is 35.0 Å². The first-order valence-corrected chi connectivity index (χ1v) is 8.85. The molecule has 0 saturated heterocycles. The van der Waals surface area contributed by atoms with Crippen LogP contribution in [0.4, 0.5) is 0 Å². The summed E-state index contributed by atoms with van der Waals surface area (Å²) >= 11 is 0. The van der Waals surface area contributed by atoms with E-state index in [1.165, 1.54) is 0 Å². The SMILES string of the molecule is CC1=C(c2ccccc2)S(=O)(=O)NC1=NCCCOC(C)C. The number of aliphatic imine (C=N–C) groups is 1. The number of nitrogens with one attached hydrogen (secondary N) is 1. The van der Waals surface area contributed by atoms with Crippen LogP contribution in [0.15, 0.2) is 40.9 Å². The lowest BCUT2D eigenvalue weighted by atomic mass is 10.1. The molecule has 120 valence electrons. The van der Waals surface area contributed by atoms with Crippen LogP contribution in [0.5, 0.6) is 0 Å². The zero-order valence-corrected chi connectivity index (χ0v) is 14.0. The van der Waals surface area contributed by atoms with Crippen molar-refractivity contribution in [3.05, 3.63) is 41.5 Å². The van der Waals surface area contributed by atoms with Crippen LogP contribution in [-0.4, -0.2) is 33.5 Å². The minimum absolute atomic E-state index is 0.198. The monoisotopic (exact) mass is 322 g/mol. The minimum atomic E-state index is -3.53. The second-order valence-corrected chi connectivity index (χ2v) is 7.05. The van der Waals surface area contributed by atoms with Gasteiger partial charge in [0.1, 0.15) is 10.7 Å². The number of hydrogen-bond acceptors (Lipinski definition) is 4. The normalized spacial score (nSPS) is 19.0. The van der Waals surface area contributed by atoms with Gasteiger partial charge in [-0.05, 0) is 32.8 Å². The number of nitrogens with zero attached hydrogens (tertiary/aromatic N) is 1. The molecule has 22 heavy (non-hydrogen) atoms. The molecule has 0 radical (unpaired) electrons. The van der Waals surface area contributed by atoms with Crippen LogP contribution in [0.25, 0.3) is 4.91 Å². The Morgan fingerprint density at radius 3 is 2.55 bits per heavy atom. The first-order chi connectivity index (χ1) is 10.4. The predicted molar refractivity (Wildman–Crippen MR) is 89.1 cm³/mol. The molecule has 1 heterocycles. The molecule has 1 aliphatic rings. The molecule has 6 heteroatoms. The number of ether oxygens (including phenoxy) is 1. The lowest BCUT2D eigenvalue weighted by molar-refractivity contribution is 0.0783. The molecular weight excluding hydrogens is 300 g/mol. The molecule has 0 spiro atoms. The molecule has 0 fully saturated rings. The van der Waals surface area contributed by atoms with E-state index >= 15 is 0 Å². The molecule has 0 atom stereocenters. The molecule has 0 amide bonds. The first kappa shape index (κ1) is 16.7. The maximum absolute atomic E-state index is 12.3. The van der Waals surface area contributed by atoms with Gasteiger partial charge < -0.3 is 4.74 Å². The highest BCUT2D eigenvalue weighted by Gasteiger charge is 2.32. The van der Waals surface area contributed by atoms with Crippen LogP contribution in [0.2, 0.25) is 0 Å². The number of sulfonamides is 1. The van der Waals surface area contributed by atoms with Gasteiger partial charge in [0.15, 0.2) is 0 Å². The highest BCUT2D eigenvalue weighted by atomic mass is 32.2. The van der Waals surface area contributed by atoms with Crippen molar-refractivity contribution in [2.75, 3.05) is 13.2 Å². The molecular formula is C16H22N2O3S. The average molecular weight is 322 g/mol. The molecule has 0 bridgehead atoms. The van der Waals surface area contributed by atoms with Crippen molar-refractivity contribution >= 4 is 20.8 Å². The lowest BCUT2D eigenvalue weighted by Gasteiger charge is -2.05. The van der Waals surface area contributed by atoms with Gasteiger partial charge in [0.25, 0.3) is 10.0 Å². The Morgan fingerprint density at radius 1 is 1.23 bits per heavy atom. The fourth-order valence-corrected chi connectivity index (χ4v) is 3.77. The van der Waals surface area contributed by atoms with Crippen molar-refractivity contribution in [2.24, 2.45) is 4.99 Å². The summed E-state index contributed by atoms with van der Waals surface area (Å²) in [4.78, 5) is 4.67. The number of benzene rings is 1. The van der Waals surface area contributed by atoms with Crippen molar-refractivity contribution < 1.29 is 13.2 Å². The van der Waals surface area contributed by atoms with Gasteiger partial charge in [-0.15, -0.1) is 0 Å². The van der Waals surface area contributed by atoms with Crippen LogP contribution >= 0.6 is 0 Å². The number of hydrogen-bond donors (Lipinski definition) is 1. The van der Waals surface area contributed by atoms with Gasteiger partial charge in [-0.2, -0.15) is 0 Å². The Labute approximate surface area is 132 Å². The van der Waals surface area contributed by atoms with E-state index in [0.717, 1.165) is 6.42 Å². The molecule has 2 rings (SSSR count). The summed E-state index contributed by atoms with van der Waals surface area (Å²) in [7, 11) is -3.53. The van der Waals surface area contributed by atoms with E-state index in [4.69, 9.17) is 4.74 Å². The van der Waals surface area contributed by atoms with Gasteiger partial charge in [-0.1, -0.05) is 30.3 Å². The summed E-state index contributed by atoms with van der Waals surface area (Å²) in [6, 6.07) is 9.08. The van der Waals surface area contributed by atoms with Gasteiger partial charge >= 0.3 is 0 Å². The Morgan fingerprint density at radius 2 is 1.91 bits per heavy atom. The van der Waals surface area contributed by atoms with Crippen LogP contribution in [-0.2, 0) is 14.8 Å². The quantitative estimate of drug-likeness (QED) is 0.819. The molecule has 1 aromatic carbocycles. The molecule has 1 aliphatic heterocycles. The highest BCUT2D eigenvalue weighted by Crippen LogP contribution is 2.29. The number of amidine groups is 1. The molecule has 0 saturated carbocycles. The van der Waals surface area contributed by atoms with Crippen molar-refractivity contribution in [1.29, 1.82) is 0 Å². The van der Waals surface area contributed by atoms with Crippen LogP contribution in [0.3, 0.4) is 0 Å². The van der Waals surface area contributed by atoms with Gasteiger partial charge in [0, 0.05) is 18.7 Å². The summed E-state index contributed by atoms with van der Waals surface area (Å²) in [5, 5.41) is 0. The largest absolute Gasteiger partial charge is 0.379 e. The Kier molecular flexibility index (Phi) is 5.37. The molecule has 0 aromatic heterocycles. The second-order valence-electron chi connectivity index (χ2n) is 5.43. The van der Waals surface area contributed by atoms with Crippen molar-refractivity contribution in [1.82, 2.24) is 4.72 Å². The van der Waals surface area contributed by atoms with Crippen molar-refractivity contribution in [2.45, 2.75) is 33.3 Å². The third-order valence-corrected chi connectivity index (χ3v) is 4.80. The Balaban J connectivity index is 2.14. The minimum Gasteiger partial charge on any atom is -0.379 e. The van der Waals surface area contributed by atoms with E-state index in [1.54, 1.807) is 19.1 Å². The van der Waals surface area contributed by atoms with Crippen molar-refractivity contribution in [3.63, 3.8) is 0 Å². The first-order valence-electron chi connectivity index (χ1n) is 7.37. The molecule has 0 aliphatic carbocycles. The fraction of sp³-hybridized carbons (Fsp3) is 0.438. The van der Waals surface area contributed by atoms with Crippen LogP contribution < -0.4 is 4.72 Å². The molecule has 1 N–H and O–H groups in total.